The highest BCUT2D eigenvalue weighted by Crippen LogP contribution is 2.25. The SMILES string of the molecule is CC(C)(C)n1ncc2c1CCN(c1ncccn1)C2. The van der Waals surface area contributed by atoms with Crippen LogP contribution in [0, 0.1) is 0 Å². The lowest BCUT2D eigenvalue weighted by atomic mass is 10.0. The van der Waals surface area contributed by atoms with Crippen molar-refractivity contribution in [3.05, 3.63) is 35.9 Å². The summed E-state index contributed by atoms with van der Waals surface area (Å²) in [6.45, 7) is 8.35. The highest BCUT2D eigenvalue weighted by Gasteiger charge is 2.26. The van der Waals surface area contributed by atoms with Gasteiger partial charge in [0.05, 0.1) is 11.7 Å². The van der Waals surface area contributed by atoms with Gasteiger partial charge < -0.3 is 4.90 Å². The van der Waals surface area contributed by atoms with Crippen molar-refractivity contribution in [3.63, 3.8) is 0 Å². The van der Waals surface area contributed by atoms with Gasteiger partial charge in [0, 0.05) is 43.2 Å². The minimum Gasteiger partial charge on any atom is -0.336 e. The van der Waals surface area contributed by atoms with E-state index in [1.807, 2.05) is 12.3 Å². The molecular formula is C14H19N5. The normalized spacial score (nSPS) is 15.4. The third-order valence-electron chi connectivity index (χ3n) is 3.41. The Balaban J connectivity index is 1.88. The fraction of sp³-hybridized carbons (Fsp3) is 0.500. The maximum absolute atomic E-state index is 4.55. The molecule has 0 fully saturated rings. The topological polar surface area (TPSA) is 46.8 Å². The van der Waals surface area contributed by atoms with E-state index in [4.69, 9.17) is 0 Å². The molecule has 19 heavy (non-hydrogen) atoms. The molecule has 0 unspecified atom stereocenters. The van der Waals surface area contributed by atoms with Gasteiger partial charge in [-0.25, -0.2) is 9.97 Å². The van der Waals surface area contributed by atoms with Crippen molar-refractivity contribution in [2.45, 2.75) is 39.3 Å². The van der Waals surface area contributed by atoms with Gasteiger partial charge in [-0.05, 0) is 26.8 Å². The Hall–Kier alpha value is -1.91. The summed E-state index contributed by atoms with van der Waals surface area (Å²) in [6.07, 6.45) is 6.55. The summed E-state index contributed by atoms with van der Waals surface area (Å²) >= 11 is 0. The van der Waals surface area contributed by atoms with Crippen molar-refractivity contribution in [1.82, 2.24) is 19.7 Å². The number of nitrogens with zero attached hydrogens (tertiary/aromatic N) is 5. The Morgan fingerprint density at radius 2 is 1.89 bits per heavy atom. The van der Waals surface area contributed by atoms with Crippen LogP contribution in [0.15, 0.2) is 24.7 Å². The van der Waals surface area contributed by atoms with Crippen molar-refractivity contribution in [1.29, 1.82) is 0 Å². The second kappa shape index (κ2) is 4.33. The predicted molar refractivity (Wildman–Crippen MR) is 74.0 cm³/mol. The summed E-state index contributed by atoms with van der Waals surface area (Å²) in [5.74, 6) is 0.802. The molecule has 1 aliphatic rings. The molecule has 5 nitrogen and oxygen atoms in total. The van der Waals surface area contributed by atoms with E-state index in [1.165, 1.54) is 11.3 Å². The van der Waals surface area contributed by atoms with Gasteiger partial charge >= 0.3 is 0 Å². The first kappa shape index (κ1) is 12.1. The second-order valence-corrected chi connectivity index (χ2v) is 5.92. The molecule has 2 aromatic heterocycles. The van der Waals surface area contributed by atoms with Crippen LogP contribution in [0.2, 0.25) is 0 Å². The van der Waals surface area contributed by atoms with Crippen molar-refractivity contribution < 1.29 is 0 Å². The van der Waals surface area contributed by atoms with E-state index in [-0.39, 0.29) is 5.54 Å². The standard InChI is InChI=1S/C14H19N5/c1-14(2,3)19-12-5-8-18(10-11(12)9-17-19)13-15-6-4-7-16-13/h4,6-7,9H,5,8,10H2,1-3H3. The Kier molecular flexibility index (Phi) is 2.77. The van der Waals surface area contributed by atoms with Crippen molar-refractivity contribution in [2.24, 2.45) is 0 Å². The second-order valence-electron chi connectivity index (χ2n) is 5.92. The molecule has 0 spiro atoms. The van der Waals surface area contributed by atoms with E-state index in [0.717, 1.165) is 25.5 Å². The van der Waals surface area contributed by atoms with E-state index >= 15 is 0 Å². The summed E-state index contributed by atoms with van der Waals surface area (Å²) in [6, 6.07) is 1.84. The maximum atomic E-state index is 4.55. The van der Waals surface area contributed by atoms with Crippen LogP contribution in [0.1, 0.15) is 32.0 Å². The molecule has 0 saturated carbocycles. The molecule has 3 heterocycles. The van der Waals surface area contributed by atoms with Gasteiger partial charge in [0.2, 0.25) is 5.95 Å². The molecule has 1 aliphatic heterocycles. The van der Waals surface area contributed by atoms with Crippen molar-refractivity contribution in [3.8, 4) is 0 Å². The largest absolute Gasteiger partial charge is 0.336 e. The number of aromatic nitrogens is 4. The van der Waals surface area contributed by atoms with Gasteiger partial charge in [-0.3, -0.25) is 4.68 Å². The van der Waals surface area contributed by atoms with E-state index in [2.05, 4.69) is 45.4 Å². The van der Waals surface area contributed by atoms with Gasteiger partial charge in [-0.2, -0.15) is 5.10 Å². The molecule has 100 valence electrons. The van der Waals surface area contributed by atoms with Gasteiger partial charge in [-0.15, -0.1) is 0 Å². The van der Waals surface area contributed by atoms with E-state index < -0.39 is 0 Å². The summed E-state index contributed by atoms with van der Waals surface area (Å²) < 4.78 is 2.14. The summed E-state index contributed by atoms with van der Waals surface area (Å²) in [4.78, 5) is 10.8. The Bertz CT molecular complexity index is 567. The van der Waals surface area contributed by atoms with Crippen LogP contribution < -0.4 is 4.90 Å². The zero-order valence-corrected chi connectivity index (χ0v) is 11.7. The van der Waals surface area contributed by atoms with Crippen LogP contribution >= 0.6 is 0 Å². The molecule has 5 heteroatoms. The third-order valence-corrected chi connectivity index (χ3v) is 3.41. The van der Waals surface area contributed by atoms with Crippen LogP contribution in [0.25, 0.3) is 0 Å². The van der Waals surface area contributed by atoms with Crippen LogP contribution in [0.3, 0.4) is 0 Å². The highest BCUT2D eigenvalue weighted by molar-refractivity contribution is 5.36. The number of rotatable bonds is 1. The molecule has 3 rings (SSSR count). The molecule has 0 amide bonds. The fourth-order valence-corrected chi connectivity index (χ4v) is 2.54. The monoisotopic (exact) mass is 257 g/mol. The average molecular weight is 257 g/mol. The minimum absolute atomic E-state index is 0.0407. The van der Waals surface area contributed by atoms with Crippen LogP contribution in [0.4, 0.5) is 5.95 Å². The zero-order valence-electron chi connectivity index (χ0n) is 11.7. The highest BCUT2D eigenvalue weighted by atomic mass is 15.3. The number of fused-ring (bicyclic) bond motifs is 1. The molecule has 0 radical (unpaired) electrons. The Morgan fingerprint density at radius 3 is 2.58 bits per heavy atom. The first-order chi connectivity index (χ1) is 9.05. The molecule has 0 atom stereocenters. The molecular weight excluding hydrogens is 238 g/mol. The van der Waals surface area contributed by atoms with E-state index in [0.29, 0.717) is 0 Å². The molecule has 0 aliphatic carbocycles. The maximum Gasteiger partial charge on any atom is 0.225 e. The van der Waals surface area contributed by atoms with E-state index in [1.54, 1.807) is 12.4 Å². The van der Waals surface area contributed by atoms with Gasteiger partial charge in [0.25, 0.3) is 0 Å². The van der Waals surface area contributed by atoms with Crippen LogP contribution in [0.5, 0.6) is 0 Å². The summed E-state index contributed by atoms with van der Waals surface area (Å²) in [5, 5.41) is 4.55. The van der Waals surface area contributed by atoms with Crippen LogP contribution in [-0.2, 0) is 18.5 Å². The Morgan fingerprint density at radius 1 is 1.16 bits per heavy atom. The molecule has 2 aromatic rings. The van der Waals surface area contributed by atoms with Gasteiger partial charge in [-0.1, -0.05) is 0 Å². The lowest BCUT2D eigenvalue weighted by Gasteiger charge is -2.30. The summed E-state index contributed by atoms with van der Waals surface area (Å²) in [5.41, 5.74) is 2.67. The Labute approximate surface area is 113 Å². The first-order valence-electron chi connectivity index (χ1n) is 6.64. The van der Waals surface area contributed by atoms with Crippen LogP contribution in [-0.4, -0.2) is 26.3 Å². The number of hydrogen-bond donors (Lipinski definition) is 0. The number of anilines is 1. The predicted octanol–water partition coefficient (Wildman–Crippen LogP) is 1.99. The molecule has 0 saturated heterocycles. The molecule has 0 aromatic carbocycles. The smallest absolute Gasteiger partial charge is 0.225 e. The first-order valence-corrected chi connectivity index (χ1v) is 6.64. The number of hydrogen-bond acceptors (Lipinski definition) is 4. The van der Waals surface area contributed by atoms with Crippen molar-refractivity contribution in [2.75, 3.05) is 11.4 Å². The van der Waals surface area contributed by atoms with E-state index in [9.17, 15) is 0 Å². The fourth-order valence-electron chi connectivity index (χ4n) is 2.54. The quantitative estimate of drug-likeness (QED) is 0.784. The molecule has 0 bridgehead atoms. The third kappa shape index (κ3) is 2.20. The average Bonchev–Trinajstić information content (AvgIpc) is 2.82. The summed E-state index contributed by atoms with van der Waals surface area (Å²) in [7, 11) is 0. The minimum atomic E-state index is 0.0407. The van der Waals surface area contributed by atoms with Gasteiger partial charge in [0.1, 0.15) is 0 Å². The van der Waals surface area contributed by atoms with Crippen molar-refractivity contribution >= 4 is 5.95 Å². The zero-order chi connectivity index (χ0) is 13.5. The molecule has 0 N–H and O–H groups in total. The lowest BCUT2D eigenvalue weighted by molar-refractivity contribution is 0.341. The van der Waals surface area contributed by atoms with Gasteiger partial charge in [0.15, 0.2) is 0 Å². The lowest BCUT2D eigenvalue weighted by Crippen LogP contribution is -2.34.